The van der Waals surface area contributed by atoms with Crippen LogP contribution in [0.4, 0.5) is 8.78 Å². The van der Waals surface area contributed by atoms with E-state index in [0.29, 0.717) is 6.42 Å². The third-order valence-electron chi connectivity index (χ3n) is 7.14. The minimum absolute atomic E-state index is 0.0955. The van der Waals surface area contributed by atoms with Crippen molar-refractivity contribution >= 4 is 6.08 Å². The van der Waals surface area contributed by atoms with Crippen LogP contribution in [0.15, 0.2) is 60.3 Å². The van der Waals surface area contributed by atoms with Gasteiger partial charge in [-0.1, -0.05) is 24.6 Å². The van der Waals surface area contributed by atoms with Crippen LogP contribution in [0.5, 0.6) is 0 Å². The first-order valence-electron chi connectivity index (χ1n) is 10.9. The number of aliphatic hydroxyl groups excluding tert-OH is 1. The van der Waals surface area contributed by atoms with E-state index in [1.165, 1.54) is 29.8 Å². The summed E-state index contributed by atoms with van der Waals surface area (Å²) in [5.74, 6) is -0.438. The molecule has 0 bridgehead atoms. The van der Waals surface area contributed by atoms with E-state index in [-0.39, 0.29) is 23.0 Å². The van der Waals surface area contributed by atoms with Gasteiger partial charge in [0.25, 0.3) is 0 Å². The summed E-state index contributed by atoms with van der Waals surface area (Å²) in [6.45, 7) is 2.25. The molecule has 0 spiro atoms. The van der Waals surface area contributed by atoms with E-state index >= 15 is 0 Å². The van der Waals surface area contributed by atoms with Crippen molar-refractivity contribution in [3.63, 3.8) is 0 Å². The van der Waals surface area contributed by atoms with Gasteiger partial charge in [-0.3, -0.25) is 0 Å². The molecule has 0 unspecified atom stereocenters. The number of halogens is 2. The lowest BCUT2D eigenvalue weighted by Gasteiger charge is -2.47. The third-order valence-corrected chi connectivity index (χ3v) is 7.14. The molecule has 3 atom stereocenters. The Morgan fingerprint density at radius 2 is 1.97 bits per heavy atom. The Hall–Kier alpha value is -2.79. The van der Waals surface area contributed by atoms with Gasteiger partial charge in [-0.15, -0.1) is 0 Å². The summed E-state index contributed by atoms with van der Waals surface area (Å²) in [6.07, 6.45) is 7.79. The highest BCUT2D eigenvalue weighted by Crippen LogP contribution is 2.52. The molecule has 5 rings (SSSR count). The molecule has 31 heavy (non-hydrogen) atoms. The number of hydrogen-bond donors (Lipinski definition) is 1. The van der Waals surface area contributed by atoms with Crippen LogP contribution in [-0.4, -0.2) is 21.0 Å². The zero-order chi connectivity index (χ0) is 21.6. The molecule has 0 aliphatic heterocycles. The van der Waals surface area contributed by atoms with Gasteiger partial charge in [0.2, 0.25) is 0 Å². The summed E-state index contributed by atoms with van der Waals surface area (Å²) in [6, 6.07) is 12.9. The summed E-state index contributed by atoms with van der Waals surface area (Å²) in [5.41, 5.74) is 5.02. The maximum absolute atomic E-state index is 13.6. The molecular weight excluding hydrogens is 394 g/mol. The number of allylic oxidation sites excluding steroid dienone is 1. The summed E-state index contributed by atoms with van der Waals surface area (Å²) >= 11 is 0. The maximum Gasteiger partial charge on any atom is 0.123 e. The van der Waals surface area contributed by atoms with Gasteiger partial charge >= 0.3 is 0 Å². The topological polar surface area (TPSA) is 38.0 Å². The first kappa shape index (κ1) is 20.1. The molecule has 160 valence electrons. The Bertz CT molecular complexity index is 1130. The molecule has 1 heterocycles. The highest BCUT2D eigenvalue weighted by molar-refractivity contribution is 5.61. The highest BCUT2D eigenvalue weighted by Gasteiger charge is 2.46. The third kappa shape index (κ3) is 3.61. The molecule has 1 aromatic heterocycles. The van der Waals surface area contributed by atoms with Gasteiger partial charge in [-0.05, 0) is 97.0 Å². The Balaban J connectivity index is 1.45. The van der Waals surface area contributed by atoms with E-state index in [9.17, 15) is 13.9 Å². The Labute approximate surface area is 181 Å². The Kier molecular flexibility index (Phi) is 5.01. The Morgan fingerprint density at radius 3 is 2.74 bits per heavy atom. The first-order chi connectivity index (χ1) is 14.9. The van der Waals surface area contributed by atoms with E-state index in [2.05, 4.69) is 18.1 Å². The molecular formula is C26H26F2N2O. The van der Waals surface area contributed by atoms with Crippen LogP contribution < -0.4 is 0 Å². The number of hydrogen-bond acceptors (Lipinski definition) is 2. The molecule has 2 aromatic carbocycles. The van der Waals surface area contributed by atoms with E-state index in [1.54, 1.807) is 18.2 Å². The second kappa shape index (κ2) is 7.72. The van der Waals surface area contributed by atoms with Crippen molar-refractivity contribution in [3.05, 3.63) is 88.8 Å². The highest BCUT2D eigenvalue weighted by atomic mass is 19.1. The number of nitrogens with zero attached hydrogens (tertiary/aromatic N) is 2. The quantitative estimate of drug-likeness (QED) is 0.605. The van der Waals surface area contributed by atoms with E-state index in [0.717, 1.165) is 48.2 Å². The summed E-state index contributed by atoms with van der Waals surface area (Å²) in [4.78, 5) is 0. The van der Waals surface area contributed by atoms with E-state index in [1.807, 2.05) is 16.9 Å². The molecule has 1 N–H and O–H groups in total. The molecule has 5 heteroatoms. The number of aliphatic hydroxyl groups is 1. The minimum atomic E-state index is -0.538. The minimum Gasteiger partial charge on any atom is -0.392 e. The van der Waals surface area contributed by atoms with Crippen molar-refractivity contribution in [1.29, 1.82) is 0 Å². The van der Waals surface area contributed by atoms with Crippen LogP contribution in [-0.2, 0) is 12.8 Å². The van der Waals surface area contributed by atoms with Crippen LogP contribution >= 0.6 is 0 Å². The van der Waals surface area contributed by atoms with Gasteiger partial charge in [-0.2, -0.15) is 5.10 Å². The molecule has 0 saturated heterocycles. The fourth-order valence-corrected chi connectivity index (χ4v) is 5.53. The zero-order valence-electron chi connectivity index (χ0n) is 17.6. The molecule has 2 aliphatic carbocycles. The SMILES string of the molecule is C[C@]12Cc3cnn(-c4ccc(F)cc4)c3C=C1CCC[C@@H]2[C@@H](O)Cc1cccc(F)c1. The van der Waals surface area contributed by atoms with Crippen molar-refractivity contribution in [2.45, 2.75) is 45.1 Å². The average molecular weight is 421 g/mol. The number of fused-ring (bicyclic) bond motifs is 2. The molecule has 0 amide bonds. The Morgan fingerprint density at radius 1 is 1.16 bits per heavy atom. The van der Waals surface area contributed by atoms with Crippen LogP contribution in [0, 0.1) is 23.0 Å². The lowest BCUT2D eigenvalue weighted by molar-refractivity contribution is 0.0234. The monoisotopic (exact) mass is 420 g/mol. The van der Waals surface area contributed by atoms with Crippen LogP contribution in [0.2, 0.25) is 0 Å². The number of benzene rings is 2. The standard InChI is InChI=1S/C26H26F2N2O/c1-26-15-18-16-29-30(22-10-8-20(27)9-11-22)24(18)14-19(26)5-3-7-23(26)25(31)13-17-4-2-6-21(28)12-17/h2,4,6,8-12,14,16,23,25,31H,3,5,7,13,15H2,1H3/t23-,25+,26+/m1/s1. The van der Waals surface area contributed by atoms with Crippen LogP contribution in [0.25, 0.3) is 11.8 Å². The van der Waals surface area contributed by atoms with Gasteiger partial charge < -0.3 is 5.11 Å². The second-order valence-electron chi connectivity index (χ2n) is 9.11. The number of rotatable bonds is 4. The van der Waals surface area contributed by atoms with Crippen molar-refractivity contribution in [3.8, 4) is 5.69 Å². The smallest absolute Gasteiger partial charge is 0.123 e. The maximum atomic E-state index is 13.6. The lowest BCUT2D eigenvalue weighted by Crippen LogP contribution is -2.43. The van der Waals surface area contributed by atoms with Crippen LogP contribution in [0.1, 0.15) is 43.0 Å². The largest absolute Gasteiger partial charge is 0.392 e. The fraction of sp³-hybridized carbons (Fsp3) is 0.346. The molecule has 2 aliphatic rings. The predicted molar refractivity (Wildman–Crippen MR) is 117 cm³/mol. The van der Waals surface area contributed by atoms with Gasteiger partial charge in [0.15, 0.2) is 0 Å². The normalized spacial score (nSPS) is 23.6. The van der Waals surface area contributed by atoms with Crippen molar-refractivity contribution in [2.75, 3.05) is 0 Å². The predicted octanol–water partition coefficient (Wildman–Crippen LogP) is 5.50. The lowest BCUT2D eigenvalue weighted by atomic mass is 9.58. The van der Waals surface area contributed by atoms with Crippen molar-refractivity contribution in [1.82, 2.24) is 9.78 Å². The van der Waals surface area contributed by atoms with Crippen molar-refractivity contribution in [2.24, 2.45) is 11.3 Å². The molecule has 0 radical (unpaired) electrons. The molecule has 1 fully saturated rings. The number of aromatic nitrogens is 2. The summed E-state index contributed by atoms with van der Waals surface area (Å²) in [7, 11) is 0. The molecule has 3 aromatic rings. The second-order valence-corrected chi connectivity index (χ2v) is 9.11. The molecule has 1 saturated carbocycles. The summed E-state index contributed by atoms with van der Waals surface area (Å²) in [5, 5.41) is 15.8. The first-order valence-corrected chi connectivity index (χ1v) is 10.9. The van der Waals surface area contributed by atoms with Gasteiger partial charge in [0.05, 0.1) is 23.7 Å². The van der Waals surface area contributed by atoms with E-state index in [4.69, 9.17) is 0 Å². The molecule has 3 nitrogen and oxygen atoms in total. The van der Waals surface area contributed by atoms with Gasteiger partial charge in [0, 0.05) is 0 Å². The average Bonchev–Trinajstić information content (AvgIpc) is 3.14. The fourth-order valence-electron chi connectivity index (χ4n) is 5.53. The summed E-state index contributed by atoms with van der Waals surface area (Å²) < 4.78 is 28.8. The van der Waals surface area contributed by atoms with Crippen molar-refractivity contribution < 1.29 is 13.9 Å². The van der Waals surface area contributed by atoms with Gasteiger partial charge in [-0.25, -0.2) is 13.5 Å². The van der Waals surface area contributed by atoms with E-state index < -0.39 is 6.10 Å². The van der Waals surface area contributed by atoms with Gasteiger partial charge in [0.1, 0.15) is 11.6 Å². The zero-order valence-corrected chi connectivity index (χ0v) is 17.6. The van der Waals surface area contributed by atoms with Crippen LogP contribution in [0.3, 0.4) is 0 Å².